The third-order valence-electron chi connectivity index (χ3n) is 5.00. The number of carbonyl (C=O) groups excluding carboxylic acids is 1. The van der Waals surface area contributed by atoms with Gasteiger partial charge in [-0.15, -0.1) is 0 Å². The van der Waals surface area contributed by atoms with E-state index >= 15 is 0 Å². The van der Waals surface area contributed by atoms with Crippen LogP contribution in [0.2, 0.25) is 0 Å². The highest BCUT2D eigenvalue weighted by atomic mass is 16.5. The smallest absolute Gasteiger partial charge is 0.228 e. The Hall–Kier alpha value is -3.49. The number of anilines is 1. The van der Waals surface area contributed by atoms with Crippen LogP contribution >= 0.6 is 0 Å². The maximum atomic E-state index is 12.7. The van der Waals surface area contributed by atoms with Crippen molar-refractivity contribution in [1.29, 1.82) is 0 Å². The van der Waals surface area contributed by atoms with Gasteiger partial charge in [-0.3, -0.25) is 9.89 Å². The van der Waals surface area contributed by atoms with Crippen molar-refractivity contribution in [2.24, 2.45) is 0 Å². The molecule has 0 saturated heterocycles. The minimum absolute atomic E-state index is 0.0670. The molecule has 2 heterocycles. The fraction of sp³-hybridized carbons (Fsp3) is 0.261. The molecule has 0 bridgehead atoms. The number of nitrogens with zero attached hydrogens (tertiary/aromatic N) is 3. The molecule has 2 aromatic carbocycles. The van der Waals surface area contributed by atoms with Crippen LogP contribution in [0.15, 0.2) is 54.7 Å². The first-order valence-corrected chi connectivity index (χ1v) is 10.0. The van der Waals surface area contributed by atoms with Crippen LogP contribution in [-0.4, -0.2) is 46.5 Å². The van der Waals surface area contributed by atoms with Gasteiger partial charge in [-0.05, 0) is 35.9 Å². The average molecular weight is 419 g/mol. The van der Waals surface area contributed by atoms with Crippen LogP contribution in [0, 0.1) is 0 Å². The molecule has 0 aliphatic heterocycles. The van der Waals surface area contributed by atoms with Gasteiger partial charge in [0.05, 0.1) is 13.0 Å². The molecule has 0 aliphatic carbocycles. The molecular weight excluding hydrogens is 394 g/mol. The highest BCUT2D eigenvalue weighted by Crippen LogP contribution is 2.23. The summed E-state index contributed by atoms with van der Waals surface area (Å²) < 4.78 is 12.4. The van der Waals surface area contributed by atoms with Gasteiger partial charge >= 0.3 is 0 Å². The number of benzene rings is 2. The second kappa shape index (κ2) is 9.55. The summed E-state index contributed by atoms with van der Waals surface area (Å²) in [6, 6.07) is 15.6. The van der Waals surface area contributed by atoms with Crippen molar-refractivity contribution in [2.75, 3.05) is 26.1 Å². The number of methoxy groups -OCH3 is 2. The minimum Gasteiger partial charge on any atom is -0.383 e. The lowest BCUT2D eigenvalue weighted by Crippen LogP contribution is -2.14. The SMILES string of the molecule is COCCn1cc(CC(=O)Nc2ccc(-c3n[nH]c(COC)n3)cc2)c2ccccc21. The predicted molar refractivity (Wildman–Crippen MR) is 119 cm³/mol. The van der Waals surface area contributed by atoms with Crippen molar-refractivity contribution in [3.8, 4) is 11.4 Å². The largest absolute Gasteiger partial charge is 0.383 e. The standard InChI is InChI=1S/C23H25N5O3/c1-30-12-11-28-14-17(19-5-3-4-6-20(19)28)13-22(29)24-18-9-7-16(8-10-18)23-25-21(15-31-2)26-27-23/h3-10,14H,11-13,15H2,1-2H3,(H,24,29)(H,25,26,27). The Balaban J connectivity index is 1.44. The number of ether oxygens (including phenoxy) is 2. The number of nitrogens with one attached hydrogen (secondary N) is 2. The number of aromatic amines is 1. The summed E-state index contributed by atoms with van der Waals surface area (Å²) in [7, 11) is 3.29. The van der Waals surface area contributed by atoms with E-state index in [0.717, 1.165) is 34.3 Å². The molecule has 0 radical (unpaired) electrons. The van der Waals surface area contributed by atoms with Gasteiger partial charge < -0.3 is 19.4 Å². The van der Waals surface area contributed by atoms with E-state index in [1.165, 1.54) is 0 Å². The summed E-state index contributed by atoms with van der Waals surface area (Å²) in [6.07, 6.45) is 2.33. The van der Waals surface area contributed by atoms with Crippen LogP contribution in [0.4, 0.5) is 5.69 Å². The maximum Gasteiger partial charge on any atom is 0.228 e. The van der Waals surface area contributed by atoms with Crippen molar-refractivity contribution in [3.63, 3.8) is 0 Å². The van der Waals surface area contributed by atoms with Gasteiger partial charge in [0.1, 0.15) is 6.61 Å². The number of aromatic nitrogens is 4. The summed E-state index contributed by atoms with van der Waals surface area (Å²) in [5.74, 6) is 1.19. The molecule has 2 aromatic heterocycles. The molecule has 31 heavy (non-hydrogen) atoms. The molecule has 2 N–H and O–H groups in total. The third kappa shape index (κ3) is 4.82. The monoisotopic (exact) mass is 419 g/mol. The van der Waals surface area contributed by atoms with Crippen molar-refractivity contribution >= 4 is 22.5 Å². The van der Waals surface area contributed by atoms with E-state index in [-0.39, 0.29) is 5.91 Å². The second-order valence-corrected chi connectivity index (χ2v) is 7.20. The molecule has 160 valence electrons. The number of hydrogen-bond donors (Lipinski definition) is 2. The van der Waals surface area contributed by atoms with Gasteiger partial charge in [0.2, 0.25) is 5.91 Å². The summed E-state index contributed by atoms with van der Waals surface area (Å²) in [5.41, 5.74) is 3.68. The Labute approximate surface area is 180 Å². The minimum atomic E-state index is -0.0670. The normalized spacial score (nSPS) is 11.2. The van der Waals surface area contributed by atoms with Crippen LogP contribution < -0.4 is 5.32 Å². The third-order valence-corrected chi connectivity index (χ3v) is 5.00. The number of rotatable bonds is 9. The van der Waals surface area contributed by atoms with Crippen LogP contribution in [0.3, 0.4) is 0 Å². The summed E-state index contributed by atoms with van der Waals surface area (Å²) in [4.78, 5) is 17.1. The summed E-state index contributed by atoms with van der Waals surface area (Å²) in [6.45, 7) is 1.74. The fourth-order valence-electron chi connectivity index (χ4n) is 3.54. The molecule has 1 amide bonds. The van der Waals surface area contributed by atoms with Crippen molar-refractivity contribution in [2.45, 2.75) is 19.6 Å². The van der Waals surface area contributed by atoms with E-state index in [9.17, 15) is 4.79 Å². The molecule has 4 aromatic rings. The topological polar surface area (TPSA) is 94.1 Å². The molecule has 0 unspecified atom stereocenters. The number of fused-ring (bicyclic) bond motifs is 1. The number of carbonyl (C=O) groups is 1. The zero-order valence-corrected chi connectivity index (χ0v) is 17.6. The summed E-state index contributed by atoms with van der Waals surface area (Å²) in [5, 5.41) is 11.1. The van der Waals surface area contributed by atoms with Crippen molar-refractivity contribution in [3.05, 3.63) is 66.1 Å². The van der Waals surface area contributed by atoms with Crippen LogP contribution in [0.25, 0.3) is 22.3 Å². The van der Waals surface area contributed by atoms with Crippen LogP contribution in [0.5, 0.6) is 0 Å². The van der Waals surface area contributed by atoms with Crippen molar-refractivity contribution < 1.29 is 14.3 Å². The molecule has 8 nitrogen and oxygen atoms in total. The van der Waals surface area contributed by atoms with E-state index in [1.54, 1.807) is 14.2 Å². The Bertz CT molecular complexity index is 1160. The molecule has 0 spiro atoms. The van der Waals surface area contributed by atoms with Gasteiger partial charge in [-0.25, -0.2) is 4.98 Å². The lowest BCUT2D eigenvalue weighted by atomic mass is 10.1. The van der Waals surface area contributed by atoms with E-state index in [4.69, 9.17) is 9.47 Å². The van der Waals surface area contributed by atoms with Crippen molar-refractivity contribution in [1.82, 2.24) is 19.7 Å². The maximum absolute atomic E-state index is 12.7. The number of para-hydroxylation sites is 1. The molecule has 0 atom stereocenters. The first kappa shape index (κ1) is 20.8. The first-order valence-electron chi connectivity index (χ1n) is 10.0. The molecule has 4 rings (SSSR count). The van der Waals surface area contributed by atoms with Gasteiger partial charge in [0.25, 0.3) is 0 Å². The van der Waals surface area contributed by atoms with Gasteiger partial charge in [0.15, 0.2) is 11.6 Å². The molecule has 8 heteroatoms. The quantitative estimate of drug-likeness (QED) is 0.434. The predicted octanol–water partition coefficient (Wildman–Crippen LogP) is 3.40. The zero-order valence-electron chi connectivity index (χ0n) is 17.6. The Morgan fingerprint density at radius 1 is 1.10 bits per heavy atom. The highest BCUT2D eigenvalue weighted by molar-refractivity contribution is 5.96. The van der Waals surface area contributed by atoms with Gasteiger partial charge in [-0.1, -0.05) is 18.2 Å². The lowest BCUT2D eigenvalue weighted by Gasteiger charge is -2.05. The van der Waals surface area contributed by atoms with E-state index < -0.39 is 0 Å². The lowest BCUT2D eigenvalue weighted by molar-refractivity contribution is -0.115. The number of amides is 1. The van der Waals surface area contributed by atoms with E-state index in [2.05, 4.69) is 31.1 Å². The van der Waals surface area contributed by atoms with Gasteiger partial charge in [0, 0.05) is 49.1 Å². The van der Waals surface area contributed by atoms with Crippen LogP contribution in [0.1, 0.15) is 11.4 Å². The van der Waals surface area contributed by atoms with E-state index in [0.29, 0.717) is 31.3 Å². The number of H-pyrrole nitrogens is 1. The fourth-order valence-corrected chi connectivity index (χ4v) is 3.54. The zero-order chi connectivity index (χ0) is 21.6. The van der Waals surface area contributed by atoms with E-state index in [1.807, 2.05) is 48.7 Å². The molecule has 0 aliphatic rings. The number of hydrogen-bond acceptors (Lipinski definition) is 5. The Morgan fingerprint density at radius 2 is 1.90 bits per heavy atom. The second-order valence-electron chi connectivity index (χ2n) is 7.20. The van der Waals surface area contributed by atoms with Gasteiger partial charge in [-0.2, -0.15) is 5.10 Å². The first-order chi connectivity index (χ1) is 15.2. The van der Waals surface area contributed by atoms with Crippen LogP contribution in [-0.2, 0) is 33.8 Å². The Kier molecular flexibility index (Phi) is 6.40. The molecular formula is C23H25N5O3. The Morgan fingerprint density at radius 3 is 2.68 bits per heavy atom. The molecule has 0 saturated carbocycles. The highest BCUT2D eigenvalue weighted by Gasteiger charge is 2.12. The molecule has 0 fully saturated rings. The summed E-state index contributed by atoms with van der Waals surface area (Å²) >= 11 is 0. The average Bonchev–Trinajstić information content (AvgIpc) is 3.38.